The second-order valence-electron chi connectivity index (χ2n) is 5.95. The fourth-order valence-electron chi connectivity index (χ4n) is 2.87. The molecule has 3 unspecified atom stereocenters. The first-order valence-electron chi connectivity index (χ1n) is 6.68. The normalized spacial score (nSPS) is 30.0. The quantitative estimate of drug-likeness (QED) is 0.724. The molecule has 0 aromatic carbocycles. The average molecular weight is 266 g/mol. The summed E-state index contributed by atoms with van der Waals surface area (Å²) in [4.78, 5) is 12.3. The van der Waals surface area contributed by atoms with Crippen LogP contribution >= 0.6 is 0 Å². The van der Waals surface area contributed by atoms with E-state index in [0.717, 1.165) is 12.8 Å². The van der Waals surface area contributed by atoms with E-state index in [9.17, 15) is 4.79 Å². The highest BCUT2D eigenvalue weighted by molar-refractivity contribution is 5.79. The number of aromatic nitrogens is 4. The summed E-state index contributed by atoms with van der Waals surface area (Å²) in [6, 6.07) is 0.177. The van der Waals surface area contributed by atoms with E-state index in [4.69, 9.17) is 5.73 Å². The van der Waals surface area contributed by atoms with Crippen LogP contribution in [-0.4, -0.2) is 32.6 Å². The van der Waals surface area contributed by atoms with Gasteiger partial charge in [-0.15, -0.1) is 10.2 Å². The fraction of sp³-hybridized carbons (Fsp3) is 0.833. The van der Waals surface area contributed by atoms with Gasteiger partial charge in [0, 0.05) is 12.0 Å². The molecule has 7 nitrogen and oxygen atoms in total. The van der Waals surface area contributed by atoms with Crippen molar-refractivity contribution in [1.29, 1.82) is 0 Å². The molecule has 0 saturated heterocycles. The van der Waals surface area contributed by atoms with Crippen LogP contribution < -0.4 is 11.1 Å². The zero-order chi connectivity index (χ0) is 14.0. The lowest BCUT2D eigenvalue weighted by molar-refractivity contribution is -0.132. The molecule has 1 fully saturated rings. The lowest BCUT2D eigenvalue weighted by atomic mass is 9.61. The molecule has 0 spiro atoms. The second-order valence-corrected chi connectivity index (χ2v) is 5.95. The Kier molecular flexibility index (Phi) is 3.84. The topological polar surface area (TPSA) is 110 Å². The van der Waals surface area contributed by atoms with E-state index in [-0.39, 0.29) is 23.3 Å². The third-order valence-corrected chi connectivity index (χ3v) is 4.63. The second kappa shape index (κ2) is 5.24. The smallest absolute Gasteiger partial charge is 0.224 e. The first kappa shape index (κ1) is 13.9. The predicted molar refractivity (Wildman–Crippen MR) is 69.7 cm³/mol. The van der Waals surface area contributed by atoms with Gasteiger partial charge in [-0.25, -0.2) is 0 Å². The lowest BCUT2D eigenvalue weighted by Gasteiger charge is -2.45. The minimum atomic E-state index is -0.0982. The molecule has 0 radical (unpaired) electrons. The van der Waals surface area contributed by atoms with Gasteiger partial charge >= 0.3 is 0 Å². The van der Waals surface area contributed by atoms with E-state index in [1.54, 1.807) is 0 Å². The van der Waals surface area contributed by atoms with Gasteiger partial charge in [0.2, 0.25) is 5.91 Å². The Balaban J connectivity index is 1.98. The molecule has 1 aliphatic carbocycles. The van der Waals surface area contributed by atoms with Gasteiger partial charge < -0.3 is 11.1 Å². The van der Waals surface area contributed by atoms with Crippen LogP contribution in [0.25, 0.3) is 0 Å². The van der Waals surface area contributed by atoms with E-state index in [1.165, 1.54) is 0 Å². The van der Waals surface area contributed by atoms with Crippen LogP contribution in [0.1, 0.15) is 39.4 Å². The van der Waals surface area contributed by atoms with Crippen LogP contribution in [0.2, 0.25) is 0 Å². The van der Waals surface area contributed by atoms with Crippen molar-refractivity contribution in [1.82, 2.24) is 25.9 Å². The molecule has 7 heteroatoms. The Morgan fingerprint density at radius 1 is 1.53 bits per heavy atom. The number of aromatic amines is 1. The summed E-state index contributed by atoms with van der Waals surface area (Å²) < 4.78 is 0. The van der Waals surface area contributed by atoms with Gasteiger partial charge in [-0.3, -0.25) is 4.79 Å². The number of hydrogen-bond acceptors (Lipinski definition) is 5. The van der Waals surface area contributed by atoms with Gasteiger partial charge in [-0.2, -0.15) is 5.21 Å². The molecule has 1 aliphatic rings. The van der Waals surface area contributed by atoms with Crippen molar-refractivity contribution in [2.45, 2.75) is 46.2 Å². The number of H-pyrrole nitrogens is 1. The molecule has 2 rings (SSSR count). The van der Waals surface area contributed by atoms with Gasteiger partial charge in [0.25, 0.3) is 0 Å². The molecular weight excluding hydrogens is 244 g/mol. The van der Waals surface area contributed by atoms with Crippen LogP contribution in [0.15, 0.2) is 0 Å². The Morgan fingerprint density at radius 2 is 2.26 bits per heavy atom. The van der Waals surface area contributed by atoms with Crippen molar-refractivity contribution in [2.75, 3.05) is 0 Å². The molecule has 1 saturated carbocycles. The standard InChI is InChI=1S/C12H22N6O/c1-7-9(13)5-4-8(12(7,2)3)11(19)14-6-10-15-17-18-16-10/h7-9H,4-6,13H2,1-3H3,(H,14,19)(H,15,16,17,18). The molecule has 1 aromatic heterocycles. The first-order valence-corrected chi connectivity index (χ1v) is 6.68. The molecular formula is C12H22N6O. The molecule has 106 valence electrons. The van der Waals surface area contributed by atoms with Crippen molar-refractivity contribution in [3.8, 4) is 0 Å². The first-order chi connectivity index (χ1) is 8.93. The summed E-state index contributed by atoms with van der Waals surface area (Å²) in [5.41, 5.74) is 6.01. The summed E-state index contributed by atoms with van der Waals surface area (Å²) in [5, 5.41) is 16.3. The zero-order valence-corrected chi connectivity index (χ0v) is 11.7. The molecule has 1 aromatic rings. The number of nitrogens with two attached hydrogens (primary N) is 1. The van der Waals surface area contributed by atoms with Crippen molar-refractivity contribution in [3.05, 3.63) is 5.82 Å². The molecule has 1 amide bonds. The third kappa shape index (κ3) is 2.75. The van der Waals surface area contributed by atoms with Crippen LogP contribution in [0.4, 0.5) is 0 Å². The molecule has 0 aliphatic heterocycles. The number of carbonyl (C=O) groups is 1. The Morgan fingerprint density at radius 3 is 2.89 bits per heavy atom. The Labute approximate surface area is 112 Å². The predicted octanol–water partition coefficient (Wildman–Crippen LogP) is 0.216. The molecule has 4 N–H and O–H groups in total. The van der Waals surface area contributed by atoms with E-state index in [2.05, 4.69) is 46.7 Å². The van der Waals surface area contributed by atoms with Gasteiger partial charge in [-0.05, 0) is 24.2 Å². The van der Waals surface area contributed by atoms with Crippen LogP contribution in [0, 0.1) is 17.3 Å². The number of rotatable bonds is 3. The van der Waals surface area contributed by atoms with Crippen molar-refractivity contribution < 1.29 is 4.79 Å². The molecule has 19 heavy (non-hydrogen) atoms. The highest BCUT2D eigenvalue weighted by Crippen LogP contribution is 2.44. The van der Waals surface area contributed by atoms with E-state index in [0.29, 0.717) is 18.3 Å². The number of nitrogens with zero attached hydrogens (tertiary/aromatic N) is 3. The minimum absolute atomic E-state index is 0.0193. The van der Waals surface area contributed by atoms with E-state index in [1.807, 2.05) is 0 Å². The highest BCUT2D eigenvalue weighted by Gasteiger charge is 2.44. The molecule has 3 atom stereocenters. The largest absolute Gasteiger partial charge is 0.348 e. The van der Waals surface area contributed by atoms with Crippen molar-refractivity contribution in [2.24, 2.45) is 23.0 Å². The van der Waals surface area contributed by atoms with Gasteiger partial charge in [-0.1, -0.05) is 26.0 Å². The monoisotopic (exact) mass is 266 g/mol. The summed E-state index contributed by atoms with van der Waals surface area (Å²) >= 11 is 0. The van der Waals surface area contributed by atoms with Crippen LogP contribution in [0.3, 0.4) is 0 Å². The Bertz CT molecular complexity index is 429. The number of nitrogens with one attached hydrogen (secondary N) is 2. The maximum atomic E-state index is 12.3. The van der Waals surface area contributed by atoms with Crippen LogP contribution in [0.5, 0.6) is 0 Å². The number of hydrogen-bond donors (Lipinski definition) is 3. The summed E-state index contributed by atoms with van der Waals surface area (Å²) in [6.07, 6.45) is 1.72. The minimum Gasteiger partial charge on any atom is -0.348 e. The molecule has 1 heterocycles. The van der Waals surface area contributed by atoms with E-state index >= 15 is 0 Å². The number of amides is 1. The van der Waals surface area contributed by atoms with Crippen LogP contribution in [-0.2, 0) is 11.3 Å². The van der Waals surface area contributed by atoms with Gasteiger partial charge in [0.05, 0.1) is 6.54 Å². The van der Waals surface area contributed by atoms with E-state index < -0.39 is 0 Å². The van der Waals surface area contributed by atoms with Gasteiger partial charge in [0.15, 0.2) is 5.82 Å². The number of carbonyl (C=O) groups excluding carboxylic acids is 1. The van der Waals surface area contributed by atoms with Gasteiger partial charge in [0.1, 0.15) is 0 Å². The molecule has 0 bridgehead atoms. The Hall–Kier alpha value is -1.50. The maximum Gasteiger partial charge on any atom is 0.224 e. The highest BCUT2D eigenvalue weighted by atomic mass is 16.1. The number of tetrazole rings is 1. The van der Waals surface area contributed by atoms with Crippen molar-refractivity contribution >= 4 is 5.91 Å². The summed E-state index contributed by atoms with van der Waals surface area (Å²) in [6.45, 7) is 6.68. The third-order valence-electron chi connectivity index (χ3n) is 4.63. The van der Waals surface area contributed by atoms with Crippen molar-refractivity contribution in [3.63, 3.8) is 0 Å². The fourth-order valence-corrected chi connectivity index (χ4v) is 2.87. The zero-order valence-electron chi connectivity index (χ0n) is 11.7. The SMILES string of the molecule is CC1C(N)CCC(C(=O)NCc2nn[nH]n2)C1(C)C. The summed E-state index contributed by atoms with van der Waals surface area (Å²) in [5.74, 6) is 0.844. The average Bonchev–Trinajstić information content (AvgIpc) is 2.86. The maximum absolute atomic E-state index is 12.3. The summed E-state index contributed by atoms with van der Waals surface area (Å²) in [7, 11) is 0. The lowest BCUT2D eigenvalue weighted by Crippen LogP contribution is -2.51.